The maximum atomic E-state index is 14.2. The van der Waals surface area contributed by atoms with Crippen LogP contribution in [0.1, 0.15) is 36.6 Å². The van der Waals surface area contributed by atoms with Crippen LogP contribution in [-0.4, -0.2) is 17.1 Å². The van der Waals surface area contributed by atoms with Gasteiger partial charge >= 0.3 is 0 Å². The minimum Gasteiger partial charge on any atom is -0.494 e. The Morgan fingerprint density at radius 1 is 1.00 bits per heavy atom. The number of aromatic nitrogens is 1. The molecule has 0 radical (unpaired) electrons. The minimum atomic E-state index is -0.685. The van der Waals surface area contributed by atoms with Crippen molar-refractivity contribution in [3.63, 3.8) is 0 Å². The summed E-state index contributed by atoms with van der Waals surface area (Å²) in [7, 11) is 0. The van der Waals surface area contributed by atoms with Crippen LogP contribution in [0, 0.1) is 7.14 Å². The highest BCUT2D eigenvalue weighted by Gasteiger charge is 2.32. The summed E-state index contributed by atoms with van der Waals surface area (Å²) < 4.78 is 15.8. The second-order valence-corrected chi connectivity index (χ2v) is 14.4. The van der Waals surface area contributed by atoms with Gasteiger partial charge in [-0.2, -0.15) is 0 Å². The van der Waals surface area contributed by atoms with E-state index in [1.165, 1.54) is 11.3 Å². The van der Waals surface area contributed by atoms with Crippen molar-refractivity contribution in [1.82, 2.24) is 4.57 Å². The predicted octanol–water partition coefficient (Wildman–Crippen LogP) is 7.71. The number of halogens is 3. The van der Waals surface area contributed by atoms with Gasteiger partial charge in [0.1, 0.15) is 18.1 Å². The van der Waals surface area contributed by atoms with E-state index in [0.29, 0.717) is 50.3 Å². The van der Waals surface area contributed by atoms with E-state index in [4.69, 9.17) is 26.1 Å². The van der Waals surface area contributed by atoms with E-state index in [2.05, 4.69) is 50.5 Å². The van der Waals surface area contributed by atoms with Crippen LogP contribution >= 0.6 is 68.1 Å². The number of ether oxygens (including phenoxy) is 2. The Morgan fingerprint density at radius 2 is 1.72 bits per heavy atom. The third-order valence-electron chi connectivity index (χ3n) is 7.40. The Morgan fingerprint density at radius 3 is 2.40 bits per heavy atom. The molecule has 1 atom stereocenters. The summed E-state index contributed by atoms with van der Waals surface area (Å²) in [5.41, 5.74) is 4.00. The van der Waals surface area contributed by atoms with E-state index in [9.17, 15) is 9.59 Å². The predicted molar refractivity (Wildman–Crippen MR) is 204 cm³/mol. The van der Waals surface area contributed by atoms with Crippen molar-refractivity contribution in [3.05, 3.63) is 151 Å². The van der Waals surface area contributed by atoms with Crippen molar-refractivity contribution in [2.24, 2.45) is 4.99 Å². The number of hydrogen-bond donors (Lipinski definition) is 1. The molecular weight excluding hydrogens is 860 g/mol. The molecule has 0 saturated heterocycles. The van der Waals surface area contributed by atoms with Crippen molar-refractivity contribution in [1.29, 1.82) is 0 Å². The summed E-state index contributed by atoms with van der Waals surface area (Å²) in [6.45, 7) is 4.65. The van der Waals surface area contributed by atoms with Crippen LogP contribution in [0.15, 0.2) is 112 Å². The molecule has 0 saturated carbocycles. The molecule has 238 valence electrons. The number of nitrogens with zero attached hydrogens (tertiary/aromatic N) is 2. The first-order chi connectivity index (χ1) is 22.7. The van der Waals surface area contributed by atoms with E-state index >= 15 is 0 Å². The third-order valence-corrected chi connectivity index (χ3v) is 10.2. The van der Waals surface area contributed by atoms with Crippen LogP contribution in [0.25, 0.3) is 6.08 Å². The number of hydrogen-bond acceptors (Lipinski definition) is 6. The van der Waals surface area contributed by atoms with Gasteiger partial charge in [0, 0.05) is 10.7 Å². The number of para-hydroxylation sites is 1. The third kappa shape index (κ3) is 7.50. The molecule has 0 fully saturated rings. The fraction of sp³-hybridized carbons (Fsp3) is 0.139. The van der Waals surface area contributed by atoms with Crippen molar-refractivity contribution < 1.29 is 14.3 Å². The number of allylic oxidation sites excluding steroid dienone is 1. The number of thiazole rings is 1. The number of carbonyl (C=O) groups is 1. The number of benzene rings is 4. The van der Waals surface area contributed by atoms with Crippen LogP contribution in [0.5, 0.6) is 11.5 Å². The molecule has 11 heteroatoms. The molecule has 0 bridgehead atoms. The maximum Gasteiger partial charge on any atom is 0.271 e. The second kappa shape index (κ2) is 14.8. The van der Waals surface area contributed by atoms with Gasteiger partial charge in [-0.05, 0) is 130 Å². The van der Waals surface area contributed by atoms with Crippen molar-refractivity contribution >= 4 is 85.8 Å². The monoisotopic (exact) mass is 887 g/mol. The molecule has 1 aliphatic heterocycles. The quantitative estimate of drug-likeness (QED) is 0.154. The molecule has 47 heavy (non-hydrogen) atoms. The van der Waals surface area contributed by atoms with Crippen molar-refractivity contribution in [2.45, 2.75) is 26.5 Å². The maximum absolute atomic E-state index is 14.2. The first-order valence-corrected chi connectivity index (χ1v) is 18.0. The first kappa shape index (κ1) is 33.4. The molecule has 2 heterocycles. The van der Waals surface area contributed by atoms with Crippen LogP contribution in [0.3, 0.4) is 0 Å². The van der Waals surface area contributed by atoms with E-state index in [0.717, 1.165) is 29.6 Å². The van der Waals surface area contributed by atoms with E-state index in [1.54, 1.807) is 4.57 Å². The fourth-order valence-electron chi connectivity index (χ4n) is 5.29. The zero-order valence-electron chi connectivity index (χ0n) is 25.3. The van der Waals surface area contributed by atoms with Gasteiger partial charge < -0.3 is 14.8 Å². The lowest BCUT2D eigenvalue weighted by atomic mass is 9.95. The molecule has 1 N–H and O–H groups in total. The van der Waals surface area contributed by atoms with Crippen molar-refractivity contribution in [2.75, 3.05) is 11.9 Å². The fourth-order valence-corrected chi connectivity index (χ4v) is 8.68. The normalized spacial score (nSPS) is 14.4. The van der Waals surface area contributed by atoms with Gasteiger partial charge in [0.15, 0.2) is 4.80 Å². The lowest BCUT2D eigenvalue weighted by molar-refractivity contribution is -0.113. The summed E-state index contributed by atoms with van der Waals surface area (Å²) in [6, 6.07) is 27.6. The number of nitrogens with one attached hydrogen (secondary N) is 1. The van der Waals surface area contributed by atoms with E-state index in [-0.39, 0.29) is 11.5 Å². The van der Waals surface area contributed by atoms with Crippen LogP contribution in [0.2, 0.25) is 5.02 Å². The van der Waals surface area contributed by atoms with Crippen LogP contribution in [0.4, 0.5) is 5.69 Å². The van der Waals surface area contributed by atoms with Crippen LogP contribution < -0.4 is 29.7 Å². The SMILES string of the molecule is CCOc1ccc([C@H]2C(C(=O)Nc3ccccc3)=C(C)N=c3s/c(=C\c4cc(I)c(OCc5cccc(Cl)c5)c(I)c4)c(=O)n32)cc1. The summed E-state index contributed by atoms with van der Waals surface area (Å²) in [6.07, 6.45) is 1.87. The van der Waals surface area contributed by atoms with E-state index in [1.807, 2.05) is 111 Å². The zero-order chi connectivity index (χ0) is 33.1. The number of anilines is 1. The number of amides is 1. The number of fused-ring (bicyclic) bond motifs is 1. The van der Waals surface area contributed by atoms with Gasteiger partial charge in [-0.3, -0.25) is 14.2 Å². The largest absolute Gasteiger partial charge is 0.494 e. The first-order valence-electron chi connectivity index (χ1n) is 14.7. The summed E-state index contributed by atoms with van der Waals surface area (Å²) in [4.78, 5) is 33.3. The van der Waals surface area contributed by atoms with Gasteiger partial charge in [0.25, 0.3) is 11.5 Å². The topological polar surface area (TPSA) is 81.9 Å². The second-order valence-electron chi connectivity index (χ2n) is 10.6. The van der Waals surface area contributed by atoms with Crippen LogP contribution in [-0.2, 0) is 11.4 Å². The van der Waals surface area contributed by atoms with Gasteiger partial charge in [0.2, 0.25) is 0 Å². The Labute approximate surface area is 307 Å². The van der Waals surface area contributed by atoms with Gasteiger partial charge in [-0.15, -0.1) is 0 Å². The number of carbonyl (C=O) groups excluding carboxylic acids is 1. The lowest BCUT2D eigenvalue weighted by Crippen LogP contribution is -2.40. The average molecular weight is 888 g/mol. The summed E-state index contributed by atoms with van der Waals surface area (Å²) >= 11 is 12.0. The molecule has 7 nitrogen and oxygen atoms in total. The summed E-state index contributed by atoms with van der Waals surface area (Å²) in [5.74, 6) is 1.16. The molecular formula is C36H28ClI2N3O4S. The zero-order valence-corrected chi connectivity index (χ0v) is 31.2. The molecule has 5 aromatic rings. The highest BCUT2D eigenvalue weighted by atomic mass is 127. The highest BCUT2D eigenvalue weighted by molar-refractivity contribution is 14.1. The Bertz CT molecular complexity index is 2160. The van der Waals surface area contributed by atoms with Gasteiger partial charge in [-0.1, -0.05) is 65.4 Å². The number of rotatable bonds is 9. The molecule has 0 unspecified atom stereocenters. The Kier molecular flexibility index (Phi) is 10.5. The Balaban J connectivity index is 1.39. The minimum absolute atomic E-state index is 0.226. The van der Waals surface area contributed by atoms with Crippen molar-refractivity contribution in [3.8, 4) is 11.5 Å². The molecule has 1 aliphatic rings. The molecule has 1 aromatic heterocycles. The molecule has 6 rings (SSSR count). The molecule has 0 spiro atoms. The van der Waals surface area contributed by atoms with Gasteiger partial charge in [0.05, 0.1) is 35.6 Å². The average Bonchev–Trinajstić information content (AvgIpc) is 3.34. The lowest BCUT2D eigenvalue weighted by Gasteiger charge is -2.25. The van der Waals surface area contributed by atoms with Gasteiger partial charge in [-0.25, -0.2) is 4.99 Å². The smallest absolute Gasteiger partial charge is 0.271 e. The Hall–Kier alpha value is -3.46. The van der Waals surface area contributed by atoms with E-state index < -0.39 is 6.04 Å². The standard InChI is InChI=1S/C36H28ClI2N3O4S/c1-3-45-27-14-12-24(13-15-27)32-31(34(43)41-26-10-5-4-6-11-26)21(2)40-36-42(32)35(44)30(47-36)19-23-17-28(38)33(29(39)18-23)46-20-22-8-7-9-25(37)16-22/h4-19,32H,3,20H2,1-2H3,(H,41,43)/b30-19-/t32-/m0/s1. The summed E-state index contributed by atoms with van der Waals surface area (Å²) in [5, 5.41) is 3.65. The molecule has 0 aliphatic carbocycles. The highest BCUT2D eigenvalue weighted by Crippen LogP contribution is 2.33. The molecule has 1 amide bonds. The molecule has 4 aromatic carbocycles.